The Kier molecular flexibility index (Phi) is 5.57. The zero-order chi connectivity index (χ0) is 22.1. The summed E-state index contributed by atoms with van der Waals surface area (Å²) in [5, 5.41) is 10.4. The molecule has 9 heteroatoms. The van der Waals surface area contributed by atoms with Crippen LogP contribution in [0.4, 0.5) is 0 Å². The number of aromatic nitrogens is 3. The zero-order valence-electron chi connectivity index (χ0n) is 17.6. The predicted octanol–water partition coefficient (Wildman–Crippen LogP) is 2.81. The number of rotatable bonds is 7. The van der Waals surface area contributed by atoms with Gasteiger partial charge in [0.2, 0.25) is 5.16 Å². The van der Waals surface area contributed by atoms with Gasteiger partial charge in [0.15, 0.2) is 11.6 Å². The van der Waals surface area contributed by atoms with Crippen molar-refractivity contribution in [2.45, 2.75) is 31.0 Å². The zero-order valence-corrected chi connectivity index (χ0v) is 18.4. The van der Waals surface area contributed by atoms with Gasteiger partial charge < -0.3 is 9.47 Å². The normalized spacial score (nSPS) is 14.8. The van der Waals surface area contributed by atoms with Gasteiger partial charge >= 0.3 is 0 Å². The second-order valence-electron chi connectivity index (χ2n) is 7.68. The summed E-state index contributed by atoms with van der Waals surface area (Å²) in [6.07, 6.45) is 3.35. The van der Waals surface area contributed by atoms with Crippen molar-refractivity contribution in [3.8, 4) is 11.5 Å². The first-order valence-electron chi connectivity index (χ1n) is 10.4. The van der Waals surface area contributed by atoms with E-state index in [9.17, 15) is 9.59 Å². The summed E-state index contributed by atoms with van der Waals surface area (Å²) < 4.78 is 12.8. The fourth-order valence-corrected chi connectivity index (χ4v) is 4.83. The van der Waals surface area contributed by atoms with Crippen molar-refractivity contribution in [1.29, 1.82) is 0 Å². The molecule has 1 aliphatic heterocycles. The van der Waals surface area contributed by atoms with Gasteiger partial charge in [-0.1, -0.05) is 30.0 Å². The number of carbonyl (C=O) groups is 2. The lowest BCUT2D eigenvalue weighted by Gasteiger charge is -2.28. The fourth-order valence-electron chi connectivity index (χ4n) is 4.00. The number of ketones is 1. The highest BCUT2D eigenvalue weighted by Crippen LogP contribution is 2.28. The van der Waals surface area contributed by atoms with E-state index in [4.69, 9.17) is 9.47 Å². The fraction of sp³-hybridized carbons (Fsp3) is 0.304. The van der Waals surface area contributed by atoms with E-state index < -0.39 is 0 Å². The summed E-state index contributed by atoms with van der Waals surface area (Å²) in [5.41, 5.74) is 3.17. The molecule has 0 saturated carbocycles. The predicted molar refractivity (Wildman–Crippen MR) is 119 cm³/mol. The molecule has 0 saturated heterocycles. The summed E-state index contributed by atoms with van der Waals surface area (Å²) in [7, 11) is 1.55. The third kappa shape index (κ3) is 3.95. The summed E-state index contributed by atoms with van der Waals surface area (Å²) >= 11 is 1.30. The molecule has 3 aromatic rings. The standard InChI is InChI=1S/C23H22N4O4S/c1-30-18-7-3-6-17(11-18)20(28)12-26-22(29)14-32-23-25-24-21(27(23)26)13-31-19-9-8-15-4-2-5-16(15)10-19/h3,6-11H,2,4-5,12-14H2,1H3. The Balaban J connectivity index is 1.36. The molecule has 2 heterocycles. The molecule has 0 fully saturated rings. The Bertz CT molecular complexity index is 1190. The van der Waals surface area contributed by atoms with Crippen LogP contribution in [0.25, 0.3) is 0 Å². The third-order valence-electron chi connectivity index (χ3n) is 5.65. The lowest BCUT2D eigenvalue weighted by atomic mass is 10.1. The Labute approximate surface area is 189 Å². The number of nitrogens with zero attached hydrogens (tertiary/aromatic N) is 4. The maximum absolute atomic E-state index is 12.9. The second kappa shape index (κ2) is 8.66. The number of thioether (sulfide) groups is 1. The summed E-state index contributed by atoms with van der Waals surface area (Å²) in [4.78, 5) is 25.6. The number of fused-ring (bicyclic) bond motifs is 2. The molecule has 0 N–H and O–H groups in total. The van der Waals surface area contributed by atoms with Crippen LogP contribution >= 0.6 is 11.8 Å². The Hall–Kier alpha value is -3.33. The average Bonchev–Trinajstić information content (AvgIpc) is 3.46. The van der Waals surface area contributed by atoms with Gasteiger partial charge in [0, 0.05) is 5.56 Å². The maximum atomic E-state index is 12.9. The van der Waals surface area contributed by atoms with Crippen LogP contribution in [-0.2, 0) is 24.2 Å². The van der Waals surface area contributed by atoms with Gasteiger partial charge in [-0.15, -0.1) is 10.2 Å². The number of hydrogen-bond donors (Lipinski definition) is 0. The molecule has 32 heavy (non-hydrogen) atoms. The SMILES string of the molecule is COc1cccc(C(=O)CN2C(=O)CSc3nnc(COc4ccc5c(c4)CCC5)n32)c1. The second-order valence-corrected chi connectivity index (χ2v) is 8.62. The van der Waals surface area contributed by atoms with Gasteiger partial charge in [-0.25, -0.2) is 9.69 Å². The minimum absolute atomic E-state index is 0.122. The van der Waals surface area contributed by atoms with Crippen LogP contribution < -0.4 is 14.5 Å². The molecule has 164 valence electrons. The van der Waals surface area contributed by atoms with Gasteiger partial charge in [-0.05, 0) is 54.7 Å². The molecule has 0 bridgehead atoms. The molecule has 1 aromatic heterocycles. The van der Waals surface area contributed by atoms with E-state index in [0.717, 1.165) is 18.6 Å². The van der Waals surface area contributed by atoms with Crippen LogP contribution in [0.5, 0.6) is 11.5 Å². The molecular weight excluding hydrogens is 428 g/mol. The van der Waals surface area contributed by atoms with E-state index in [2.05, 4.69) is 22.3 Å². The Morgan fingerprint density at radius 2 is 1.97 bits per heavy atom. The third-order valence-corrected chi connectivity index (χ3v) is 6.56. The highest BCUT2D eigenvalue weighted by Gasteiger charge is 2.31. The van der Waals surface area contributed by atoms with Crippen LogP contribution in [0.3, 0.4) is 0 Å². The summed E-state index contributed by atoms with van der Waals surface area (Å²) in [6, 6.07) is 13.0. The molecule has 2 aromatic carbocycles. The van der Waals surface area contributed by atoms with Crippen molar-refractivity contribution in [3.05, 3.63) is 65.0 Å². The monoisotopic (exact) mass is 450 g/mol. The largest absolute Gasteiger partial charge is 0.497 e. The number of ether oxygens (including phenoxy) is 2. The molecule has 0 atom stereocenters. The van der Waals surface area contributed by atoms with E-state index in [1.54, 1.807) is 36.1 Å². The highest BCUT2D eigenvalue weighted by atomic mass is 32.2. The lowest BCUT2D eigenvalue weighted by molar-refractivity contribution is -0.118. The van der Waals surface area contributed by atoms with Crippen LogP contribution in [-0.4, -0.2) is 46.0 Å². The molecule has 1 aliphatic carbocycles. The maximum Gasteiger partial charge on any atom is 0.252 e. The Morgan fingerprint density at radius 1 is 1.09 bits per heavy atom. The van der Waals surface area contributed by atoms with Crippen LogP contribution in [0.1, 0.15) is 33.7 Å². The molecule has 2 aliphatic rings. The number of Topliss-reactive ketones (excluding diaryl/α,β-unsaturated/α-hetero) is 1. The van der Waals surface area contributed by atoms with Crippen molar-refractivity contribution >= 4 is 23.5 Å². The van der Waals surface area contributed by atoms with E-state index in [0.29, 0.717) is 22.3 Å². The van der Waals surface area contributed by atoms with Gasteiger partial charge in [0.1, 0.15) is 24.7 Å². The average molecular weight is 451 g/mol. The van der Waals surface area contributed by atoms with Gasteiger partial charge in [-0.2, -0.15) is 0 Å². The number of carbonyl (C=O) groups excluding carboxylic acids is 2. The summed E-state index contributed by atoms with van der Waals surface area (Å²) in [6.45, 7) is 0.0208. The quantitative estimate of drug-likeness (QED) is 0.512. The lowest BCUT2D eigenvalue weighted by Crippen LogP contribution is -2.48. The molecule has 0 unspecified atom stereocenters. The van der Waals surface area contributed by atoms with Gasteiger partial charge in [-0.3, -0.25) is 9.59 Å². The number of benzene rings is 2. The van der Waals surface area contributed by atoms with Crippen LogP contribution in [0.15, 0.2) is 47.6 Å². The first-order valence-corrected chi connectivity index (χ1v) is 11.4. The van der Waals surface area contributed by atoms with E-state index in [-0.39, 0.29) is 30.6 Å². The number of aryl methyl sites for hydroxylation is 2. The van der Waals surface area contributed by atoms with Crippen molar-refractivity contribution in [2.75, 3.05) is 24.4 Å². The Morgan fingerprint density at radius 3 is 2.84 bits per heavy atom. The van der Waals surface area contributed by atoms with Crippen LogP contribution in [0, 0.1) is 0 Å². The van der Waals surface area contributed by atoms with Crippen molar-refractivity contribution < 1.29 is 19.1 Å². The van der Waals surface area contributed by atoms with Crippen molar-refractivity contribution in [2.24, 2.45) is 0 Å². The number of hydrogen-bond acceptors (Lipinski definition) is 7. The first kappa shape index (κ1) is 20.6. The van der Waals surface area contributed by atoms with E-state index in [1.807, 2.05) is 6.07 Å². The van der Waals surface area contributed by atoms with Crippen molar-refractivity contribution in [1.82, 2.24) is 14.9 Å². The molecular formula is C23H22N4O4S. The van der Waals surface area contributed by atoms with Gasteiger partial charge in [0.25, 0.3) is 5.91 Å². The molecule has 8 nitrogen and oxygen atoms in total. The highest BCUT2D eigenvalue weighted by molar-refractivity contribution is 7.99. The minimum Gasteiger partial charge on any atom is -0.497 e. The minimum atomic E-state index is -0.200. The van der Waals surface area contributed by atoms with Crippen LogP contribution in [0.2, 0.25) is 0 Å². The molecule has 0 spiro atoms. The summed E-state index contributed by atoms with van der Waals surface area (Å²) in [5.74, 6) is 1.64. The van der Waals surface area contributed by atoms with Gasteiger partial charge in [0.05, 0.1) is 12.9 Å². The number of methoxy groups -OCH3 is 1. The van der Waals surface area contributed by atoms with E-state index in [1.165, 1.54) is 34.3 Å². The van der Waals surface area contributed by atoms with E-state index >= 15 is 0 Å². The molecule has 0 radical (unpaired) electrons. The first-order chi connectivity index (χ1) is 15.6. The smallest absolute Gasteiger partial charge is 0.252 e. The topological polar surface area (TPSA) is 86.6 Å². The molecule has 5 rings (SSSR count). The molecule has 1 amide bonds. The number of amides is 1. The van der Waals surface area contributed by atoms with Crippen molar-refractivity contribution in [3.63, 3.8) is 0 Å².